The summed E-state index contributed by atoms with van der Waals surface area (Å²) in [6, 6.07) is 0. The van der Waals surface area contributed by atoms with Crippen LogP contribution in [0.3, 0.4) is 0 Å². The van der Waals surface area contributed by atoms with Gasteiger partial charge in [-0.2, -0.15) is 5.10 Å². The summed E-state index contributed by atoms with van der Waals surface area (Å²) in [5, 5.41) is 4.19. The summed E-state index contributed by atoms with van der Waals surface area (Å²) in [5.41, 5.74) is 0.955. The number of aromatic nitrogens is 2. The highest BCUT2D eigenvalue weighted by Gasteiger charge is 2.44. The third-order valence-electron chi connectivity index (χ3n) is 5.04. The number of carbonyl (C=O) groups excluding carboxylic acids is 1. The molecule has 1 saturated carbocycles. The summed E-state index contributed by atoms with van der Waals surface area (Å²) in [5.74, 6) is 2.02. The number of anilines is 1. The Morgan fingerprint density at radius 1 is 1.30 bits per heavy atom. The van der Waals surface area contributed by atoms with E-state index in [-0.39, 0.29) is 5.92 Å². The van der Waals surface area contributed by atoms with Gasteiger partial charge in [-0.15, -0.1) is 0 Å². The van der Waals surface area contributed by atoms with Crippen molar-refractivity contribution in [2.75, 3.05) is 31.1 Å². The number of piperidine rings is 1. The van der Waals surface area contributed by atoms with Gasteiger partial charge in [0.1, 0.15) is 0 Å². The molecule has 0 radical (unpaired) electrons. The summed E-state index contributed by atoms with van der Waals surface area (Å²) >= 11 is 0. The van der Waals surface area contributed by atoms with E-state index in [9.17, 15) is 4.79 Å². The van der Waals surface area contributed by atoms with Crippen molar-refractivity contribution in [3.05, 3.63) is 12.4 Å². The number of rotatable bonds is 3. The minimum Gasteiger partial charge on any atom is -0.309 e. The van der Waals surface area contributed by atoms with E-state index in [1.807, 2.05) is 18.1 Å². The molecule has 5 heteroatoms. The quantitative estimate of drug-likeness (QED) is 0.829. The molecular weight excluding hydrogens is 252 g/mol. The van der Waals surface area contributed by atoms with E-state index in [0.29, 0.717) is 11.8 Å². The molecule has 2 saturated heterocycles. The van der Waals surface area contributed by atoms with E-state index >= 15 is 0 Å². The third-order valence-corrected chi connectivity index (χ3v) is 5.04. The highest BCUT2D eigenvalue weighted by Crippen LogP contribution is 2.37. The number of hydrogen-bond donors (Lipinski definition) is 0. The van der Waals surface area contributed by atoms with Crippen LogP contribution in [0.2, 0.25) is 0 Å². The summed E-state index contributed by atoms with van der Waals surface area (Å²) in [6.07, 6.45) is 7.65. The number of likely N-dealkylation sites (tertiary alicyclic amines) is 1. The van der Waals surface area contributed by atoms with Crippen molar-refractivity contribution in [3.8, 4) is 0 Å². The number of fused-ring (bicyclic) bond motifs is 1. The highest BCUT2D eigenvalue weighted by molar-refractivity contribution is 5.96. The lowest BCUT2D eigenvalue weighted by molar-refractivity contribution is -0.124. The fraction of sp³-hybridized carbons (Fsp3) is 0.733. The number of carbonyl (C=O) groups is 1. The maximum absolute atomic E-state index is 12.7. The van der Waals surface area contributed by atoms with Crippen LogP contribution in [0.4, 0.5) is 5.69 Å². The van der Waals surface area contributed by atoms with Gasteiger partial charge in [-0.1, -0.05) is 0 Å². The molecule has 1 aromatic heterocycles. The largest absolute Gasteiger partial charge is 0.309 e. The van der Waals surface area contributed by atoms with Crippen molar-refractivity contribution in [3.63, 3.8) is 0 Å². The van der Waals surface area contributed by atoms with E-state index < -0.39 is 0 Å². The Bertz CT molecular complexity index is 522. The maximum Gasteiger partial charge on any atom is 0.231 e. The monoisotopic (exact) mass is 274 g/mol. The van der Waals surface area contributed by atoms with Crippen LogP contribution in [-0.4, -0.2) is 46.8 Å². The van der Waals surface area contributed by atoms with Crippen LogP contribution in [0.5, 0.6) is 0 Å². The second kappa shape index (κ2) is 4.58. The molecule has 0 bridgehead atoms. The summed E-state index contributed by atoms with van der Waals surface area (Å²) in [4.78, 5) is 17.2. The molecule has 1 amide bonds. The Morgan fingerprint density at radius 2 is 2.15 bits per heavy atom. The van der Waals surface area contributed by atoms with Crippen molar-refractivity contribution in [1.29, 1.82) is 0 Å². The maximum atomic E-state index is 12.7. The van der Waals surface area contributed by atoms with Gasteiger partial charge in [0.2, 0.25) is 5.91 Å². The summed E-state index contributed by atoms with van der Waals surface area (Å²) < 4.78 is 1.77. The van der Waals surface area contributed by atoms with E-state index in [1.54, 1.807) is 10.9 Å². The first-order valence-electron chi connectivity index (χ1n) is 7.73. The van der Waals surface area contributed by atoms with Crippen LogP contribution >= 0.6 is 0 Å². The molecule has 1 aromatic rings. The first-order valence-corrected chi connectivity index (χ1v) is 7.73. The Labute approximate surface area is 119 Å². The number of aryl methyl sites for hydroxylation is 1. The number of amides is 1. The normalized spacial score (nSPS) is 30.9. The molecule has 0 aromatic carbocycles. The Kier molecular flexibility index (Phi) is 2.84. The van der Waals surface area contributed by atoms with Crippen LogP contribution < -0.4 is 4.90 Å². The summed E-state index contributed by atoms with van der Waals surface area (Å²) in [7, 11) is 1.90. The molecule has 0 N–H and O–H groups in total. The SMILES string of the molecule is Cn1cc(N2CCC3CN(CC4CC4)CC3C2=O)cn1. The molecule has 3 aliphatic rings. The molecule has 108 valence electrons. The van der Waals surface area contributed by atoms with Crippen molar-refractivity contribution < 1.29 is 4.79 Å². The molecule has 2 atom stereocenters. The Hall–Kier alpha value is -1.36. The molecule has 4 rings (SSSR count). The van der Waals surface area contributed by atoms with Crippen LogP contribution in [0.1, 0.15) is 19.3 Å². The van der Waals surface area contributed by atoms with Crippen molar-refractivity contribution >= 4 is 11.6 Å². The van der Waals surface area contributed by atoms with Gasteiger partial charge in [0.25, 0.3) is 0 Å². The van der Waals surface area contributed by atoms with Crippen molar-refractivity contribution in [2.24, 2.45) is 24.8 Å². The first-order chi connectivity index (χ1) is 9.70. The predicted octanol–water partition coefficient (Wildman–Crippen LogP) is 1.11. The van der Waals surface area contributed by atoms with E-state index in [1.165, 1.54) is 19.4 Å². The zero-order chi connectivity index (χ0) is 13.7. The van der Waals surface area contributed by atoms with Gasteiger partial charge >= 0.3 is 0 Å². The standard InChI is InChI=1S/C15H22N4O/c1-17-9-13(6-16-17)19-5-4-12-8-18(7-11-2-3-11)10-14(12)15(19)20/h6,9,11-12,14H,2-5,7-8,10H2,1H3. The van der Waals surface area contributed by atoms with Gasteiger partial charge in [0.15, 0.2) is 0 Å². The molecule has 5 nitrogen and oxygen atoms in total. The molecule has 1 aliphatic carbocycles. The lowest BCUT2D eigenvalue weighted by Crippen LogP contribution is -2.45. The average Bonchev–Trinajstić information content (AvgIpc) is 2.96. The second-order valence-corrected chi connectivity index (χ2v) is 6.68. The highest BCUT2D eigenvalue weighted by atomic mass is 16.2. The second-order valence-electron chi connectivity index (χ2n) is 6.68. The van der Waals surface area contributed by atoms with Crippen LogP contribution in [0, 0.1) is 17.8 Å². The molecule has 0 spiro atoms. The minimum absolute atomic E-state index is 0.211. The Balaban J connectivity index is 1.47. The third kappa shape index (κ3) is 2.14. The number of nitrogens with zero attached hydrogens (tertiary/aromatic N) is 4. The molecule has 2 aliphatic heterocycles. The lowest BCUT2D eigenvalue weighted by atomic mass is 9.88. The van der Waals surface area contributed by atoms with Gasteiger partial charge in [0, 0.05) is 39.4 Å². The Morgan fingerprint density at radius 3 is 2.85 bits per heavy atom. The van der Waals surface area contributed by atoms with Gasteiger partial charge in [-0.05, 0) is 31.1 Å². The fourth-order valence-corrected chi connectivity index (χ4v) is 3.76. The predicted molar refractivity (Wildman–Crippen MR) is 76.3 cm³/mol. The first kappa shape index (κ1) is 12.4. The van der Waals surface area contributed by atoms with Crippen molar-refractivity contribution in [1.82, 2.24) is 14.7 Å². The van der Waals surface area contributed by atoms with Crippen LogP contribution in [0.15, 0.2) is 12.4 Å². The van der Waals surface area contributed by atoms with Crippen molar-refractivity contribution in [2.45, 2.75) is 19.3 Å². The topological polar surface area (TPSA) is 41.4 Å². The molecular formula is C15H22N4O. The van der Waals surface area contributed by atoms with Gasteiger partial charge in [0.05, 0.1) is 17.8 Å². The molecule has 20 heavy (non-hydrogen) atoms. The molecule has 3 fully saturated rings. The van der Waals surface area contributed by atoms with E-state index in [2.05, 4.69) is 10.00 Å². The van der Waals surface area contributed by atoms with Crippen LogP contribution in [0.25, 0.3) is 0 Å². The average molecular weight is 274 g/mol. The van der Waals surface area contributed by atoms with E-state index in [4.69, 9.17) is 0 Å². The number of hydrogen-bond acceptors (Lipinski definition) is 3. The smallest absolute Gasteiger partial charge is 0.231 e. The summed E-state index contributed by atoms with van der Waals surface area (Å²) in [6.45, 7) is 4.17. The zero-order valence-corrected chi connectivity index (χ0v) is 12.0. The van der Waals surface area contributed by atoms with Gasteiger partial charge < -0.3 is 9.80 Å². The van der Waals surface area contributed by atoms with E-state index in [0.717, 1.165) is 37.7 Å². The molecule has 3 heterocycles. The van der Waals surface area contributed by atoms with Crippen LogP contribution in [-0.2, 0) is 11.8 Å². The zero-order valence-electron chi connectivity index (χ0n) is 12.0. The fourth-order valence-electron chi connectivity index (χ4n) is 3.76. The minimum atomic E-state index is 0.211. The molecule has 2 unspecified atom stereocenters. The lowest BCUT2D eigenvalue weighted by Gasteiger charge is -2.32. The van der Waals surface area contributed by atoms with Gasteiger partial charge in [-0.3, -0.25) is 9.48 Å². The van der Waals surface area contributed by atoms with Gasteiger partial charge in [-0.25, -0.2) is 0 Å².